The van der Waals surface area contributed by atoms with E-state index in [1.54, 1.807) is 36.4 Å². The second-order valence-electron chi connectivity index (χ2n) is 9.70. The molecule has 2 fully saturated rings. The lowest BCUT2D eigenvalue weighted by Gasteiger charge is -2.21. The molecule has 2 aliphatic rings. The molecular formula is C28H28N4O5S. The summed E-state index contributed by atoms with van der Waals surface area (Å²) >= 11 is 0. The Labute approximate surface area is 221 Å². The van der Waals surface area contributed by atoms with Crippen LogP contribution < -0.4 is 4.74 Å². The van der Waals surface area contributed by atoms with Crippen molar-refractivity contribution in [2.24, 2.45) is 0 Å². The standard InChI is InChI=1S/C28H28N4O5S/c1-19-4-8-23(9-5-19)38(34,35)32-22(3-2-14-33)17-24-25(10-13-29-28(24)32)37-26-18-31(21-6-7-21)30-27(26)20-11-15-36-16-12-20/h4-5,8-10,13,17-18,20-21,33H,6-7,11-12,14-16H2,1H3. The quantitative estimate of drug-likeness (QED) is 0.372. The van der Waals surface area contributed by atoms with Gasteiger partial charge in [-0.05, 0) is 62.8 Å². The van der Waals surface area contributed by atoms with E-state index in [0.717, 1.165) is 40.9 Å². The molecule has 0 bridgehead atoms. The summed E-state index contributed by atoms with van der Waals surface area (Å²) in [5.41, 5.74) is 2.24. The third-order valence-electron chi connectivity index (χ3n) is 6.95. The van der Waals surface area contributed by atoms with Gasteiger partial charge in [0.25, 0.3) is 10.0 Å². The van der Waals surface area contributed by atoms with Gasteiger partial charge in [-0.1, -0.05) is 23.6 Å². The van der Waals surface area contributed by atoms with E-state index in [-0.39, 0.29) is 22.2 Å². The Morgan fingerprint density at radius 1 is 1.11 bits per heavy atom. The van der Waals surface area contributed by atoms with E-state index in [0.29, 0.717) is 36.1 Å². The summed E-state index contributed by atoms with van der Waals surface area (Å²) in [5.74, 6) is 6.70. The number of aryl methyl sites for hydroxylation is 1. The molecule has 4 heterocycles. The summed E-state index contributed by atoms with van der Waals surface area (Å²) in [5, 5.41) is 14.7. The van der Waals surface area contributed by atoms with Crippen molar-refractivity contribution in [1.29, 1.82) is 0 Å². The van der Waals surface area contributed by atoms with Crippen LogP contribution in [0.25, 0.3) is 11.0 Å². The van der Waals surface area contributed by atoms with E-state index < -0.39 is 16.6 Å². The first-order chi connectivity index (χ1) is 18.5. The van der Waals surface area contributed by atoms with Gasteiger partial charge >= 0.3 is 0 Å². The molecule has 1 saturated carbocycles. The van der Waals surface area contributed by atoms with Gasteiger partial charge in [-0.3, -0.25) is 4.68 Å². The van der Waals surface area contributed by atoms with Crippen molar-refractivity contribution in [3.63, 3.8) is 0 Å². The van der Waals surface area contributed by atoms with Crippen molar-refractivity contribution < 1.29 is 23.0 Å². The summed E-state index contributed by atoms with van der Waals surface area (Å²) in [6.07, 6.45) is 7.41. The van der Waals surface area contributed by atoms with Crippen LogP contribution in [0.5, 0.6) is 11.5 Å². The molecule has 4 aromatic rings. The third-order valence-corrected chi connectivity index (χ3v) is 8.67. The highest BCUT2D eigenvalue weighted by Crippen LogP contribution is 2.41. The van der Waals surface area contributed by atoms with Gasteiger partial charge in [-0.25, -0.2) is 17.4 Å². The summed E-state index contributed by atoms with van der Waals surface area (Å²) in [4.78, 5) is 4.53. The Hall–Kier alpha value is -3.65. The van der Waals surface area contributed by atoms with Gasteiger partial charge in [-0.2, -0.15) is 5.10 Å². The second kappa shape index (κ2) is 9.91. The number of hydrogen-bond acceptors (Lipinski definition) is 7. The van der Waals surface area contributed by atoms with Gasteiger partial charge in [-0.15, -0.1) is 0 Å². The van der Waals surface area contributed by atoms with Crippen LogP contribution in [0, 0.1) is 18.8 Å². The molecule has 1 saturated heterocycles. The first kappa shape index (κ1) is 24.7. The van der Waals surface area contributed by atoms with E-state index in [4.69, 9.17) is 14.6 Å². The van der Waals surface area contributed by atoms with E-state index >= 15 is 0 Å². The maximum absolute atomic E-state index is 13.7. The number of aliphatic hydroxyl groups is 1. The molecule has 3 aromatic heterocycles. The van der Waals surface area contributed by atoms with Crippen LogP contribution in [0.3, 0.4) is 0 Å². The molecular weight excluding hydrogens is 504 g/mol. The fraction of sp³-hybridized carbons (Fsp3) is 0.357. The smallest absolute Gasteiger partial charge is 0.270 e. The number of aromatic nitrogens is 4. The molecule has 0 unspecified atom stereocenters. The van der Waals surface area contributed by atoms with Gasteiger partial charge in [0, 0.05) is 25.3 Å². The largest absolute Gasteiger partial charge is 0.453 e. The minimum atomic E-state index is -4.03. The predicted octanol–water partition coefficient (Wildman–Crippen LogP) is 4.14. The Kier molecular flexibility index (Phi) is 6.43. The van der Waals surface area contributed by atoms with Crippen molar-refractivity contribution >= 4 is 21.1 Å². The van der Waals surface area contributed by atoms with Gasteiger partial charge in [0.15, 0.2) is 11.4 Å². The van der Waals surface area contributed by atoms with Crippen LogP contribution in [0.1, 0.15) is 54.6 Å². The van der Waals surface area contributed by atoms with E-state index in [1.807, 2.05) is 17.8 Å². The van der Waals surface area contributed by atoms with Gasteiger partial charge in [0.05, 0.1) is 22.5 Å². The summed E-state index contributed by atoms with van der Waals surface area (Å²) in [7, 11) is -4.03. The van der Waals surface area contributed by atoms with E-state index in [2.05, 4.69) is 16.8 Å². The van der Waals surface area contributed by atoms with Crippen LogP contribution in [0.2, 0.25) is 0 Å². The molecule has 6 rings (SSSR count). The van der Waals surface area contributed by atoms with E-state index in [1.165, 1.54) is 6.20 Å². The van der Waals surface area contributed by atoms with Crippen LogP contribution >= 0.6 is 0 Å². The number of rotatable bonds is 6. The first-order valence-corrected chi connectivity index (χ1v) is 14.2. The number of aliphatic hydroxyl groups excluding tert-OH is 1. The van der Waals surface area contributed by atoms with Gasteiger partial charge in [0.1, 0.15) is 23.7 Å². The Morgan fingerprint density at radius 3 is 2.58 bits per heavy atom. The van der Waals surface area contributed by atoms with Crippen LogP contribution in [0.15, 0.2) is 53.7 Å². The van der Waals surface area contributed by atoms with Gasteiger partial charge < -0.3 is 14.6 Å². The van der Waals surface area contributed by atoms with Crippen molar-refractivity contribution in [3.8, 4) is 23.3 Å². The number of pyridine rings is 1. The fourth-order valence-corrected chi connectivity index (χ4v) is 6.20. The maximum atomic E-state index is 13.7. The average molecular weight is 533 g/mol. The highest BCUT2D eigenvalue weighted by atomic mass is 32.2. The fourth-order valence-electron chi connectivity index (χ4n) is 4.78. The molecule has 1 N–H and O–H groups in total. The molecule has 1 aliphatic carbocycles. The number of benzene rings is 1. The minimum absolute atomic E-state index is 0.119. The molecule has 10 heteroatoms. The van der Waals surface area contributed by atoms with Crippen molar-refractivity contribution in [2.45, 2.75) is 49.5 Å². The number of fused-ring (bicyclic) bond motifs is 1. The molecule has 38 heavy (non-hydrogen) atoms. The molecule has 9 nitrogen and oxygen atoms in total. The maximum Gasteiger partial charge on any atom is 0.270 e. The zero-order valence-corrected chi connectivity index (χ0v) is 21.8. The zero-order chi connectivity index (χ0) is 26.3. The van der Waals surface area contributed by atoms with Crippen LogP contribution in [0.4, 0.5) is 0 Å². The highest BCUT2D eigenvalue weighted by Gasteiger charge is 2.31. The van der Waals surface area contributed by atoms with Gasteiger partial charge in [0.2, 0.25) is 0 Å². The molecule has 1 aromatic carbocycles. The lowest BCUT2D eigenvalue weighted by Crippen LogP contribution is -2.15. The number of hydrogen-bond donors (Lipinski definition) is 1. The van der Waals surface area contributed by atoms with Crippen molar-refractivity contribution in [1.82, 2.24) is 18.7 Å². The minimum Gasteiger partial charge on any atom is -0.453 e. The summed E-state index contributed by atoms with van der Waals surface area (Å²) in [6, 6.07) is 10.4. The van der Waals surface area contributed by atoms with Crippen LogP contribution in [-0.4, -0.2) is 52.1 Å². The number of nitrogens with zero attached hydrogens (tertiary/aromatic N) is 4. The number of ether oxygens (including phenoxy) is 2. The Morgan fingerprint density at radius 2 is 1.87 bits per heavy atom. The second-order valence-corrected chi connectivity index (χ2v) is 11.5. The predicted molar refractivity (Wildman–Crippen MR) is 141 cm³/mol. The highest BCUT2D eigenvalue weighted by molar-refractivity contribution is 7.90. The topological polar surface area (TPSA) is 108 Å². The normalized spacial score (nSPS) is 16.4. The monoisotopic (exact) mass is 532 g/mol. The molecule has 0 amide bonds. The molecule has 0 atom stereocenters. The SMILES string of the molecule is Cc1ccc(S(=O)(=O)n2c(C#CCO)cc3c(Oc4cn(C5CC5)nc4C4CCOCC4)ccnc32)cc1. The third kappa shape index (κ3) is 4.58. The average Bonchev–Trinajstić information content (AvgIpc) is 3.57. The molecule has 0 spiro atoms. The Bertz CT molecular complexity index is 1650. The lowest BCUT2D eigenvalue weighted by molar-refractivity contribution is 0.0839. The lowest BCUT2D eigenvalue weighted by atomic mass is 9.96. The van der Waals surface area contributed by atoms with E-state index in [9.17, 15) is 13.5 Å². The first-order valence-electron chi connectivity index (χ1n) is 12.7. The zero-order valence-electron chi connectivity index (χ0n) is 21.0. The van der Waals surface area contributed by atoms with Crippen molar-refractivity contribution in [3.05, 3.63) is 65.7 Å². The summed E-state index contributed by atoms with van der Waals surface area (Å²) < 4.78 is 42.6. The summed E-state index contributed by atoms with van der Waals surface area (Å²) in [6.45, 7) is 2.86. The van der Waals surface area contributed by atoms with Crippen molar-refractivity contribution in [2.75, 3.05) is 19.8 Å². The Balaban J connectivity index is 1.47. The molecule has 196 valence electrons. The molecule has 1 aliphatic heterocycles. The molecule has 0 radical (unpaired) electrons. The van der Waals surface area contributed by atoms with Crippen LogP contribution in [-0.2, 0) is 14.8 Å².